The molecule has 2 rings (SSSR count). The Balaban J connectivity index is 1.70. The van der Waals surface area contributed by atoms with Gasteiger partial charge in [-0.3, -0.25) is 0 Å². The molecule has 4 nitrogen and oxygen atoms in total. The number of alkyl carbamates (subject to hydrolysis) is 1. The van der Waals surface area contributed by atoms with Gasteiger partial charge in [0.1, 0.15) is 6.61 Å². The van der Waals surface area contributed by atoms with Crippen LogP contribution in [0, 0.1) is 5.92 Å². The van der Waals surface area contributed by atoms with E-state index in [0.29, 0.717) is 0 Å². The molecule has 6 heteroatoms. The molecule has 1 heterocycles. The summed E-state index contributed by atoms with van der Waals surface area (Å²) in [5.41, 5.74) is 0.852. The molecular weight excluding hydrogens is 254 g/mol. The van der Waals surface area contributed by atoms with Crippen molar-refractivity contribution in [2.75, 3.05) is 19.6 Å². The van der Waals surface area contributed by atoms with Crippen molar-refractivity contribution >= 4 is 6.09 Å². The summed E-state index contributed by atoms with van der Waals surface area (Å²) in [4.78, 5) is 11.4. The van der Waals surface area contributed by atoms with Crippen molar-refractivity contribution in [3.05, 3.63) is 35.9 Å². The van der Waals surface area contributed by atoms with Gasteiger partial charge in [-0.15, -0.1) is 0 Å². The highest BCUT2D eigenvalue weighted by Gasteiger charge is 2.43. The van der Waals surface area contributed by atoms with Gasteiger partial charge in [0, 0.05) is 13.1 Å². The van der Waals surface area contributed by atoms with E-state index in [1.807, 2.05) is 30.3 Å². The average Bonchev–Trinajstić information content (AvgIpc) is 2.74. The molecule has 1 aliphatic heterocycles. The number of amides is 1. The molecule has 19 heavy (non-hydrogen) atoms. The smallest absolute Gasteiger partial charge is 0.407 e. The van der Waals surface area contributed by atoms with Crippen LogP contribution >= 0.6 is 0 Å². The van der Waals surface area contributed by atoms with Gasteiger partial charge in [-0.2, -0.15) is 0 Å². The first kappa shape index (κ1) is 13.7. The maximum absolute atomic E-state index is 13.3. The molecule has 1 aliphatic rings. The van der Waals surface area contributed by atoms with Crippen LogP contribution in [-0.4, -0.2) is 31.7 Å². The van der Waals surface area contributed by atoms with E-state index in [4.69, 9.17) is 4.74 Å². The molecule has 0 bridgehead atoms. The summed E-state index contributed by atoms with van der Waals surface area (Å²) in [7, 11) is 0. The van der Waals surface area contributed by atoms with Gasteiger partial charge in [-0.1, -0.05) is 30.3 Å². The number of halogens is 2. The highest BCUT2D eigenvalue weighted by molar-refractivity contribution is 5.67. The zero-order chi connectivity index (χ0) is 13.7. The molecule has 1 saturated heterocycles. The number of rotatable bonds is 4. The summed E-state index contributed by atoms with van der Waals surface area (Å²) < 4.78 is 31.5. The van der Waals surface area contributed by atoms with Crippen molar-refractivity contribution in [2.24, 2.45) is 5.92 Å². The van der Waals surface area contributed by atoms with Crippen LogP contribution in [-0.2, 0) is 11.3 Å². The van der Waals surface area contributed by atoms with Crippen LogP contribution in [0.2, 0.25) is 0 Å². The highest BCUT2D eigenvalue weighted by Crippen LogP contribution is 2.27. The third kappa shape index (κ3) is 3.89. The second-order valence-corrected chi connectivity index (χ2v) is 4.53. The Bertz CT molecular complexity index is 426. The van der Waals surface area contributed by atoms with E-state index in [0.717, 1.165) is 5.56 Å². The minimum absolute atomic E-state index is 0.0897. The normalized spacial score (nSPS) is 21.1. The standard InChI is InChI=1S/C13H16F2N2O2/c14-13(15)9-16-6-11(13)7-17-12(18)19-8-10-4-2-1-3-5-10/h1-5,11,16H,6-9H2,(H,17,18). The number of benzene rings is 1. The van der Waals surface area contributed by atoms with Gasteiger partial charge in [0.2, 0.25) is 0 Å². The quantitative estimate of drug-likeness (QED) is 0.876. The Morgan fingerprint density at radius 1 is 1.42 bits per heavy atom. The average molecular weight is 270 g/mol. The van der Waals surface area contributed by atoms with E-state index >= 15 is 0 Å². The fraction of sp³-hybridized carbons (Fsp3) is 0.462. The van der Waals surface area contributed by atoms with Gasteiger partial charge < -0.3 is 15.4 Å². The predicted octanol–water partition coefficient (Wildman–Crippen LogP) is 1.77. The largest absolute Gasteiger partial charge is 0.445 e. The van der Waals surface area contributed by atoms with E-state index < -0.39 is 17.9 Å². The van der Waals surface area contributed by atoms with Crippen molar-refractivity contribution in [1.82, 2.24) is 10.6 Å². The summed E-state index contributed by atoms with van der Waals surface area (Å²) in [6.45, 7) is -0.0933. The summed E-state index contributed by atoms with van der Waals surface area (Å²) >= 11 is 0. The first-order chi connectivity index (χ1) is 9.08. The molecule has 0 aliphatic carbocycles. The highest BCUT2D eigenvalue weighted by atomic mass is 19.3. The fourth-order valence-electron chi connectivity index (χ4n) is 1.91. The molecule has 1 atom stereocenters. The van der Waals surface area contributed by atoms with Crippen LogP contribution in [0.5, 0.6) is 0 Å². The lowest BCUT2D eigenvalue weighted by atomic mass is 10.1. The van der Waals surface area contributed by atoms with Gasteiger partial charge in [0.05, 0.1) is 12.5 Å². The van der Waals surface area contributed by atoms with Crippen LogP contribution in [0.15, 0.2) is 30.3 Å². The maximum Gasteiger partial charge on any atom is 0.407 e. The number of hydrogen-bond acceptors (Lipinski definition) is 3. The maximum atomic E-state index is 13.3. The molecule has 0 radical (unpaired) electrons. The Hall–Kier alpha value is -1.69. The number of nitrogens with one attached hydrogen (secondary N) is 2. The van der Waals surface area contributed by atoms with Crippen LogP contribution in [0.4, 0.5) is 13.6 Å². The van der Waals surface area contributed by atoms with Gasteiger partial charge in [0.15, 0.2) is 0 Å². The van der Waals surface area contributed by atoms with Crippen LogP contribution in [0.1, 0.15) is 5.56 Å². The van der Waals surface area contributed by atoms with Crippen molar-refractivity contribution in [1.29, 1.82) is 0 Å². The Labute approximate surface area is 110 Å². The molecule has 1 fully saturated rings. The van der Waals surface area contributed by atoms with Crippen LogP contribution < -0.4 is 10.6 Å². The molecule has 1 aromatic carbocycles. The lowest BCUT2D eigenvalue weighted by Gasteiger charge is -2.17. The summed E-state index contributed by atoms with van der Waals surface area (Å²) in [6.07, 6.45) is -0.674. The molecule has 2 N–H and O–H groups in total. The summed E-state index contributed by atoms with van der Waals surface area (Å²) in [6, 6.07) is 9.17. The SMILES string of the molecule is O=C(NCC1CNCC1(F)F)OCc1ccccc1. The van der Waals surface area contributed by atoms with Crippen LogP contribution in [0.3, 0.4) is 0 Å². The Kier molecular flexibility index (Phi) is 4.31. The summed E-state index contributed by atoms with van der Waals surface area (Å²) in [5, 5.41) is 4.97. The topological polar surface area (TPSA) is 50.4 Å². The molecule has 1 unspecified atom stereocenters. The zero-order valence-electron chi connectivity index (χ0n) is 10.4. The van der Waals surface area contributed by atoms with Gasteiger partial charge >= 0.3 is 6.09 Å². The first-order valence-corrected chi connectivity index (χ1v) is 6.11. The van der Waals surface area contributed by atoms with Gasteiger partial charge in [0.25, 0.3) is 5.92 Å². The number of carbonyl (C=O) groups is 1. The lowest BCUT2D eigenvalue weighted by molar-refractivity contribution is -0.0207. The second-order valence-electron chi connectivity index (χ2n) is 4.53. The van der Waals surface area contributed by atoms with E-state index in [2.05, 4.69) is 10.6 Å². The number of alkyl halides is 2. The molecule has 0 saturated carbocycles. The lowest BCUT2D eigenvalue weighted by Crippen LogP contribution is -2.38. The third-order valence-electron chi connectivity index (χ3n) is 3.05. The second kappa shape index (κ2) is 5.97. The minimum atomic E-state index is -2.77. The van der Waals surface area contributed by atoms with Crippen molar-refractivity contribution in [3.8, 4) is 0 Å². The van der Waals surface area contributed by atoms with Gasteiger partial charge in [-0.25, -0.2) is 13.6 Å². The number of hydrogen-bond donors (Lipinski definition) is 2. The zero-order valence-corrected chi connectivity index (χ0v) is 10.4. The van der Waals surface area contributed by atoms with Crippen LogP contribution in [0.25, 0.3) is 0 Å². The third-order valence-corrected chi connectivity index (χ3v) is 3.05. The number of ether oxygens (including phenoxy) is 1. The fourth-order valence-corrected chi connectivity index (χ4v) is 1.91. The van der Waals surface area contributed by atoms with E-state index in [-0.39, 0.29) is 26.2 Å². The molecule has 0 spiro atoms. The van der Waals surface area contributed by atoms with Crippen molar-refractivity contribution < 1.29 is 18.3 Å². The van der Waals surface area contributed by atoms with Crippen molar-refractivity contribution in [2.45, 2.75) is 12.5 Å². The molecule has 104 valence electrons. The predicted molar refractivity (Wildman–Crippen MR) is 65.9 cm³/mol. The molecule has 1 amide bonds. The Morgan fingerprint density at radius 2 is 2.16 bits per heavy atom. The molecular formula is C13H16F2N2O2. The minimum Gasteiger partial charge on any atom is -0.445 e. The van der Waals surface area contributed by atoms with Gasteiger partial charge in [-0.05, 0) is 5.56 Å². The van der Waals surface area contributed by atoms with E-state index in [1.165, 1.54) is 0 Å². The summed E-state index contributed by atoms with van der Waals surface area (Å²) in [5.74, 6) is -3.65. The number of carbonyl (C=O) groups excluding carboxylic acids is 1. The Morgan fingerprint density at radius 3 is 2.79 bits per heavy atom. The molecule has 0 aromatic heterocycles. The first-order valence-electron chi connectivity index (χ1n) is 6.11. The van der Waals surface area contributed by atoms with E-state index in [1.54, 1.807) is 0 Å². The van der Waals surface area contributed by atoms with Crippen molar-refractivity contribution in [3.63, 3.8) is 0 Å². The monoisotopic (exact) mass is 270 g/mol. The van der Waals surface area contributed by atoms with E-state index in [9.17, 15) is 13.6 Å². The molecule has 1 aromatic rings.